The number of hydrogen-bond acceptors (Lipinski definition) is 1. The monoisotopic (exact) mass is 265 g/mol. The summed E-state index contributed by atoms with van der Waals surface area (Å²) in [5, 5.41) is 2.35. The lowest BCUT2D eigenvalue weighted by molar-refractivity contribution is -0.163. The van der Waals surface area contributed by atoms with Crippen LogP contribution in [0.15, 0.2) is 18.2 Å². The lowest BCUT2D eigenvalue weighted by Crippen LogP contribution is -2.46. The Kier molecular flexibility index (Phi) is 3.56. The topological polar surface area (TPSA) is 12.0 Å². The highest BCUT2D eigenvalue weighted by molar-refractivity contribution is 5.23. The molecule has 0 spiro atoms. The highest BCUT2D eigenvalue weighted by Gasteiger charge is 2.42. The Morgan fingerprint density at radius 3 is 2.50 bits per heavy atom. The molecule has 1 aromatic rings. The van der Waals surface area contributed by atoms with Crippen molar-refractivity contribution in [3.63, 3.8) is 0 Å². The first-order valence-corrected chi connectivity index (χ1v) is 5.65. The minimum absolute atomic E-state index is 0.0308. The molecule has 100 valence electrons. The van der Waals surface area contributed by atoms with Gasteiger partial charge in [0.15, 0.2) is 0 Å². The fraction of sp³-hybridized carbons (Fsp3) is 0.500. The molecular weight excluding hydrogens is 253 g/mol. The first-order valence-electron chi connectivity index (χ1n) is 5.65. The predicted octanol–water partition coefficient (Wildman–Crippen LogP) is 3.71. The second-order valence-electron chi connectivity index (χ2n) is 4.41. The fourth-order valence-corrected chi connectivity index (χ4v) is 2.22. The molecule has 1 aliphatic heterocycles. The fourth-order valence-electron chi connectivity index (χ4n) is 2.22. The smallest absolute Gasteiger partial charge is 0.299 e. The molecule has 18 heavy (non-hydrogen) atoms. The summed E-state index contributed by atoms with van der Waals surface area (Å²) >= 11 is 0. The maximum atomic E-state index is 13.5. The van der Waals surface area contributed by atoms with Crippen LogP contribution in [0.25, 0.3) is 0 Å². The van der Waals surface area contributed by atoms with Crippen molar-refractivity contribution in [3.05, 3.63) is 35.4 Å². The van der Waals surface area contributed by atoms with E-state index >= 15 is 0 Å². The maximum Gasteiger partial charge on any atom is 0.403 e. The van der Waals surface area contributed by atoms with Crippen LogP contribution in [-0.4, -0.2) is 12.2 Å². The van der Waals surface area contributed by atoms with Crippen LogP contribution in [0.4, 0.5) is 22.0 Å². The van der Waals surface area contributed by atoms with E-state index in [1.54, 1.807) is 0 Å². The van der Waals surface area contributed by atoms with E-state index in [4.69, 9.17) is 0 Å². The minimum atomic E-state index is -4.36. The molecule has 2 unspecified atom stereocenters. The van der Waals surface area contributed by atoms with Crippen molar-refractivity contribution in [2.24, 2.45) is 0 Å². The van der Waals surface area contributed by atoms with Crippen LogP contribution >= 0.6 is 0 Å². The summed E-state index contributed by atoms with van der Waals surface area (Å²) in [4.78, 5) is 0. The number of piperidine rings is 1. The molecule has 2 atom stereocenters. The third kappa shape index (κ3) is 2.80. The second-order valence-corrected chi connectivity index (χ2v) is 4.41. The van der Waals surface area contributed by atoms with Crippen LogP contribution in [0.2, 0.25) is 0 Å². The highest BCUT2D eigenvalue weighted by Crippen LogP contribution is 2.34. The van der Waals surface area contributed by atoms with Crippen molar-refractivity contribution in [3.8, 4) is 0 Å². The summed E-state index contributed by atoms with van der Waals surface area (Å²) < 4.78 is 64.2. The van der Waals surface area contributed by atoms with E-state index in [9.17, 15) is 22.0 Å². The van der Waals surface area contributed by atoms with Crippen LogP contribution in [0.3, 0.4) is 0 Å². The summed E-state index contributed by atoms with van der Waals surface area (Å²) in [7, 11) is 0. The van der Waals surface area contributed by atoms with Crippen molar-refractivity contribution in [2.75, 3.05) is 0 Å². The van der Waals surface area contributed by atoms with Gasteiger partial charge >= 0.3 is 6.18 Å². The van der Waals surface area contributed by atoms with Gasteiger partial charge in [0.1, 0.15) is 17.7 Å². The molecular formula is C12H12F5N. The first kappa shape index (κ1) is 13.3. The standard InChI is InChI=1S/C12H12F5N/c13-7-4-5-9(14)8(6-7)10-2-1-3-11(18-10)12(15,16)17/h4-6,10-11,18H,1-3H2. The van der Waals surface area contributed by atoms with Crippen molar-refractivity contribution >= 4 is 0 Å². The molecule has 0 aromatic heterocycles. The zero-order chi connectivity index (χ0) is 13.3. The molecule has 0 aliphatic carbocycles. The predicted molar refractivity (Wildman–Crippen MR) is 55.9 cm³/mol. The Bertz CT molecular complexity index is 429. The van der Waals surface area contributed by atoms with Crippen LogP contribution in [-0.2, 0) is 0 Å². The van der Waals surface area contributed by atoms with Gasteiger partial charge < -0.3 is 0 Å². The van der Waals surface area contributed by atoms with Crippen LogP contribution in [0.5, 0.6) is 0 Å². The molecule has 0 bridgehead atoms. The van der Waals surface area contributed by atoms with Gasteiger partial charge in [-0.3, -0.25) is 5.32 Å². The molecule has 1 aromatic carbocycles. The summed E-state index contributed by atoms with van der Waals surface area (Å²) in [6, 6.07) is 0.387. The Morgan fingerprint density at radius 1 is 1.11 bits per heavy atom. The summed E-state index contributed by atoms with van der Waals surface area (Å²) in [5.74, 6) is -1.33. The van der Waals surface area contributed by atoms with E-state index in [0.717, 1.165) is 18.2 Å². The van der Waals surface area contributed by atoms with Gasteiger partial charge in [-0.25, -0.2) is 8.78 Å². The Labute approximate surface area is 101 Å². The molecule has 6 heteroatoms. The van der Waals surface area contributed by atoms with Gasteiger partial charge in [-0.05, 0) is 37.5 Å². The molecule has 1 nitrogen and oxygen atoms in total. The molecule has 0 radical (unpaired) electrons. The van der Waals surface area contributed by atoms with Crippen molar-refractivity contribution in [1.82, 2.24) is 5.32 Å². The van der Waals surface area contributed by atoms with E-state index in [-0.39, 0.29) is 12.0 Å². The van der Waals surface area contributed by atoms with E-state index in [0.29, 0.717) is 12.8 Å². The molecule has 1 fully saturated rings. The van der Waals surface area contributed by atoms with Gasteiger partial charge in [0.05, 0.1) is 0 Å². The Hall–Kier alpha value is -1.17. The van der Waals surface area contributed by atoms with Crippen molar-refractivity contribution in [1.29, 1.82) is 0 Å². The number of benzene rings is 1. The number of nitrogens with one attached hydrogen (secondary N) is 1. The van der Waals surface area contributed by atoms with Crippen molar-refractivity contribution < 1.29 is 22.0 Å². The number of halogens is 5. The number of alkyl halides is 3. The lowest BCUT2D eigenvalue weighted by atomic mass is 9.93. The zero-order valence-electron chi connectivity index (χ0n) is 9.40. The quantitative estimate of drug-likeness (QED) is 0.763. The average Bonchev–Trinajstić information content (AvgIpc) is 2.31. The largest absolute Gasteiger partial charge is 0.403 e. The van der Waals surface area contributed by atoms with Gasteiger partial charge in [0.2, 0.25) is 0 Å². The van der Waals surface area contributed by atoms with Crippen molar-refractivity contribution in [2.45, 2.75) is 37.5 Å². The lowest BCUT2D eigenvalue weighted by Gasteiger charge is -2.32. The van der Waals surface area contributed by atoms with Gasteiger partial charge in [0, 0.05) is 11.6 Å². The SMILES string of the molecule is Fc1ccc(F)c(C2CCCC(C(F)(F)F)N2)c1. The molecule has 1 saturated heterocycles. The Morgan fingerprint density at radius 2 is 1.83 bits per heavy atom. The van der Waals surface area contributed by atoms with Gasteiger partial charge in [-0.1, -0.05) is 0 Å². The van der Waals surface area contributed by atoms with Crippen LogP contribution in [0, 0.1) is 11.6 Å². The van der Waals surface area contributed by atoms with E-state index in [1.165, 1.54) is 0 Å². The molecule has 1 N–H and O–H groups in total. The van der Waals surface area contributed by atoms with Gasteiger partial charge in [-0.2, -0.15) is 13.2 Å². The van der Waals surface area contributed by atoms with Crippen LogP contribution < -0.4 is 5.32 Å². The number of hydrogen-bond donors (Lipinski definition) is 1. The normalized spacial score (nSPS) is 25.2. The zero-order valence-corrected chi connectivity index (χ0v) is 9.40. The van der Waals surface area contributed by atoms with Crippen LogP contribution in [0.1, 0.15) is 30.9 Å². The second kappa shape index (κ2) is 4.84. The van der Waals surface area contributed by atoms with Gasteiger partial charge in [0.25, 0.3) is 0 Å². The first-order chi connectivity index (χ1) is 8.38. The summed E-state index contributed by atoms with van der Waals surface area (Å²) in [5.41, 5.74) is -0.0380. The van der Waals surface area contributed by atoms with Gasteiger partial charge in [-0.15, -0.1) is 0 Å². The minimum Gasteiger partial charge on any atom is -0.299 e. The van der Waals surface area contributed by atoms with E-state index in [1.807, 2.05) is 0 Å². The highest BCUT2D eigenvalue weighted by atomic mass is 19.4. The van der Waals surface area contributed by atoms with E-state index < -0.39 is 29.9 Å². The Balaban J connectivity index is 2.21. The third-order valence-corrected chi connectivity index (χ3v) is 3.12. The maximum absolute atomic E-state index is 13.5. The molecule has 0 amide bonds. The molecule has 2 rings (SSSR count). The summed E-state index contributed by atoms with van der Waals surface area (Å²) in [6.45, 7) is 0. The third-order valence-electron chi connectivity index (χ3n) is 3.12. The number of rotatable bonds is 1. The molecule has 0 saturated carbocycles. The molecule has 1 heterocycles. The molecule has 1 aliphatic rings. The van der Waals surface area contributed by atoms with E-state index in [2.05, 4.69) is 5.32 Å². The average molecular weight is 265 g/mol. The summed E-state index contributed by atoms with van der Waals surface area (Å²) in [6.07, 6.45) is -3.69.